The molecule has 4 heterocycles. The third-order valence-corrected chi connectivity index (χ3v) is 5.10. The maximum atomic E-state index is 12.5. The highest BCUT2D eigenvalue weighted by atomic mass is 16.6. The van der Waals surface area contributed by atoms with Gasteiger partial charge < -0.3 is 19.4 Å². The number of cyclic esters (lactones) is 1. The Balaban J connectivity index is 1.33. The van der Waals surface area contributed by atoms with E-state index in [1.165, 1.54) is 4.90 Å². The summed E-state index contributed by atoms with van der Waals surface area (Å²) in [5.41, 5.74) is -0.313. The minimum Gasteiger partial charge on any atom is -0.448 e. The van der Waals surface area contributed by atoms with Crippen molar-refractivity contribution in [2.24, 2.45) is 0 Å². The quantitative estimate of drug-likeness (QED) is 0.800. The number of H-pyrrole nitrogens is 1. The van der Waals surface area contributed by atoms with Gasteiger partial charge in [0, 0.05) is 32.0 Å². The number of nitrogens with zero attached hydrogens (tertiary/aromatic N) is 4. The van der Waals surface area contributed by atoms with Crippen molar-refractivity contribution in [2.45, 2.75) is 18.6 Å². The lowest BCUT2D eigenvalue weighted by molar-refractivity contribution is -0.135. The van der Waals surface area contributed by atoms with Gasteiger partial charge in [-0.1, -0.05) is 0 Å². The van der Waals surface area contributed by atoms with Gasteiger partial charge in [0.05, 0.1) is 26.2 Å². The number of imidazole rings is 1. The molecule has 2 amide bonds. The minimum atomic E-state index is -0.402. The van der Waals surface area contributed by atoms with Gasteiger partial charge in [-0.05, 0) is 6.42 Å². The van der Waals surface area contributed by atoms with Crippen LogP contribution >= 0.6 is 0 Å². The number of hydrogen-bond donors (Lipinski definition) is 1. The topological polar surface area (TPSA) is 91.0 Å². The molecule has 0 saturated carbocycles. The minimum absolute atomic E-state index is 0.0394. The van der Waals surface area contributed by atoms with Gasteiger partial charge in [-0.15, -0.1) is 0 Å². The standard InChI is InChI=1S/C16H23N5O4/c22-14(10-20-6-7-24-15(20)23)21-4-1-16(12-21)11-19(5-8-25-16)9-13-17-2-3-18-13/h2-3H,1,4-12H2,(H,17,18). The van der Waals surface area contributed by atoms with E-state index in [1.807, 2.05) is 11.1 Å². The molecule has 0 aliphatic carbocycles. The molecule has 3 fully saturated rings. The molecule has 9 heteroatoms. The van der Waals surface area contributed by atoms with Crippen molar-refractivity contribution in [3.05, 3.63) is 18.2 Å². The zero-order valence-electron chi connectivity index (χ0n) is 14.1. The molecule has 1 aromatic heterocycles. The van der Waals surface area contributed by atoms with Gasteiger partial charge >= 0.3 is 6.09 Å². The normalized spacial score (nSPS) is 27.3. The van der Waals surface area contributed by atoms with Crippen LogP contribution in [0.15, 0.2) is 12.4 Å². The summed E-state index contributed by atoms with van der Waals surface area (Å²) >= 11 is 0. The van der Waals surface area contributed by atoms with Crippen LogP contribution in [0.2, 0.25) is 0 Å². The summed E-state index contributed by atoms with van der Waals surface area (Å²) < 4.78 is 11.0. The van der Waals surface area contributed by atoms with E-state index in [1.54, 1.807) is 6.20 Å². The van der Waals surface area contributed by atoms with E-state index >= 15 is 0 Å². The lowest BCUT2D eigenvalue weighted by Gasteiger charge is -2.40. The van der Waals surface area contributed by atoms with E-state index in [0.717, 1.165) is 31.9 Å². The van der Waals surface area contributed by atoms with Crippen molar-refractivity contribution in [1.82, 2.24) is 24.7 Å². The summed E-state index contributed by atoms with van der Waals surface area (Å²) in [5, 5.41) is 0. The predicted molar refractivity (Wildman–Crippen MR) is 86.7 cm³/mol. The van der Waals surface area contributed by atoms with Gasteiger partial charge in [0.25, 0.3) is 0 Å². The second-order valence-corrected chi connectivity index (χ2v) is 6.88. The van der Waals surface area contributed by atoms with Crippen molar-refractivity contribution in [3.63, 3.8) is 0 Å². The van der Waals surface area contributed by atoms with Gasteiger partial charge in [-0.2, -0.15) is 0 Å². The lowest BCUT2D eigenvalue weighted by atomic mass is 10.0. The van der Waals surface area contributed by atoms with Crippen LogP contribution in [0, 0.1) is 0 Å². The predicted octanol–water partition coefficient (Wildman–Crippen LogP) is -0.335. The fourth-order valence-electron chi connectivity index (χ4n) is 3.79. The highest BCUT2D eigenvalue weighted by Crippen LogP contribution is 2.30. The molecule has 0 bridgehead atoms. The number of likely N-dealkylation sites (tertiary alicyclic amines) is 1. The van der Waals surface area contributed by atoms with E-state index in [9.17, 15) is 9.59 Å². The van der Waals surface area contributed by atoms with Crippen LogP contribution in [-0.2, 0) is 20.8 Å². The van der Waals surface area contributed by atoms with Crippen molar-refractivity contribution in [1.29, 1.82) is 0 Å². The van der Waals surface area contributed by atoms with Crippen LogP contribution in [-0.4, -0.2) is 94.8 Å². The highest BCUT2D eigenvalue weighted by Gasteiger charge is 2.44. The third-order valence-electron chi connectivity index (χ3n) is 5.10. The lowest BCUT2D eigenvalue weighted by Crippen LogP contribution is -2.53. The Morgan fingerprint density at radius 1 is 1.28 bits per heavy atom. The summed E-state index contributed by atoms with van der Waals surface area (Å²) in [5.74, 6) is 0.901. The zero-order valence-corrected chi connectivity index (χ0v) is 14.1. The van der Waals surface area contributed by atoms with Crippen LogP contribution in [0.25, 0.3) is 0 Å². The Hall–Kier alpha value is -2.13. The molecule has 1 N–H and O–H groups in total. The number of carbonyl (C=O) groups excluding carboxylic acids is 2. The van der Waals surface area contributed by atoms with Crippen molar-refractivity contribution >= 4 is 12.0 Å². The molecule has 3 aliphatic heterocycles. The molecular weight excluding hydrogens is 326 g/mol. The molecule has 9 nitrogen and oxygen atoms in total. The molecule has 3 aliphatic rings. The van der Waals surface area contributed by atoms with Crippen molar-refractivity contribution in [3.8, 4) is 0 Å². The number of amides is 2. The first-order valence-corrected chi connectivity index (χ1v) is 8.68. The Morgan fingerprint density at radius 3 is 2.96 bits per heavy atom. The average Bonchev–Trinajstić information content (AvgIpc) is 3.32. The summed E-state index contributed by atoms with van der Waals surface area (Å²) in [6.07, 6.45) is 3.99. The number of carbonyl (C=O) groups is 2. The van der Waals surface area contributed by atoms with Crippen molar-refractivity contribution in [2.75, 3.05) is 52.5 Å². The third kappa shape index (κ3) is 3.47. The van der Waals surface area contributed by atoms with E-state index in [2.05, 4.69) is 14.9 Å². The zero-order chi connectivity index (χ0) is 17.3. The van der Waals surface area contributed by atoms with Gasteiger partial charge in [0.1, 0.15) is 24.6 Å². The highest BCUT2D eigenvalue weighted by molar-refractivity contribution is 5.83. The Kier molecular flexibility index (Phi) is 4.34. The molecular formula is C16H23N5O4. The number of morpholine rings is 1. The van der Waals surface area contributed by atoms with Crippen LogP contribution < -0.4 is 0 Å². The van der Waals surface area contributed by atoms with Crippen LogP contribution in [0.3, 0.4) is 0 Å². The number of rotatable bonds is 4. The molecule has 0 aromatic carbocycles. The largest absolute Gasteiger partial charge is 0.448 e. The summed E-state index contributed by atoms with van der Waals surface area (Å²) in [7, 11) is 0. The number of aromatic amines is 1. The van der Waals surface area contributed by atoms with E-state index in [4.69, 9.17) is 9.47 Å². The molecule has 1 atom stereocenters. The second-order valence-electron chi connectivity index (χ2n) is 6.88. The molecule has 25 heavy (non-hydrogen) atoms. The summed E-state index contributed by atoms with van der Waals surface area (Å²) in [6.45, 7) is 5.22. The van der Waals surface area contributed by atoms with Crippen LogP contribution in [0.1, 0.15) is 12.2 Å². The monoisotopic (exact) mass is 349 g/mol. The van der Waals surface area contributed by atoms with Gasteiger partial charge in [-0.3, -0.25) is 14.6 Å². The fourth-order valence-corrected chi connectivity index (χ4v) is 3.79. The first kappa shape index (κ1) is 16.3. The smallest absolute Gasteiger partial charge is 0.410 e. The number of nitrogens with one attached hydrogen (secondary N) is 1. The molecule has 1 aromatic rings. The maximum absolute atomic E-state index is 12.5. The van der Waals surface area contributed by atoms with E-state index in [0.29, 0.717) is 32.8 Å². The first-order valence-electron chi connectivity index (χ1n) is 8.68. The van der Waals surface area contributed by atoms with Crippen molar-refractivity contribution < 1.29 is 19.1 Å². The SMILES string of the molecule is O=C(CN1CCOC1=O)N1CCC2(CN(Cc3ncc[nH]3)CCO2)C1. The number of aromatic nitrogens is 2. The van der Waals surface area contributed by atoms with Crippen LogP contribution in [0.4, 0.5) is 4.79 Å². The Labute approximate surface area is 145 Å². The molecule has 4 rings (SSSR count). The summed E-state index contributed by atoms with van der Waals surface area (Å²) in [6, 6.07) is 0. The Morgan fingerprint density at radius 2 is 2.20 bits per heavy atom. The molecule has 136 valence electrons. The average molecular weight is 349 g/mol. The number of ether oxygens (including phenoxy) is 2. The molecule has 0 radical (unpaired) electrons. The van der Waals surface area contributed by atoms with Gasteiger partial charge in [0.2, 0.25) is 5.91 Å². The molecule has 3 saturated heterocycles. The second kappa shape index (κ2) is 6.64. The fraction of sp³-hybridized carbons (Fsp3) is 0.688. The Bertz CT molecular complexity index is 636. The number of hydrogen-bond acceptors (Lipinski definition) is 6. The molecule has 1 spiro atoms. The molecule has 1 unspecified atom stereocenters. The van der Waals surface area contributed by atoms with E-state index < -0.39 is 6.09 Å². The maximum Gasteiger partial charge on any atom is 0.410 e. The van der Waals surface area contributed by atoms with Gasteiger partial charge in [-0.25, -0.2) is 9.78 Å². The van der Waals surface area contributed by atoms with Crippen LogP contribution in [0.5, 0.6) is 0 Å². The first-order chi connectivity index (χ1) is 12.1. The van der Waals surface area contributed by atoms with Gasteiger partial charge in [0.15, 0.2) is 0 Å². The summed E-state index contributed by atoms with van der Waals surface area (Å²) in [4.78, 5) is 37.0. The van der Waals surface area contributed by atoms with E-state index in [-0.39, 0.29) is 18.1 Å².